The average Bonchev–Trinajstić information content (AvgIpc) is 3.28. The van der Waals surface area contributed by atoms with Crippen LogP contribution in [0.15, 0.2) is 21.6 Å². The quantitative estimate of drug-likeness (QED) is 0.769. The Bertz CT molecular complexity index is 926. The predicted molar refractivity (Wildman–Crippen MR) is 89.5 cm³/mol. The van der Waals surface area contributed by atoms with Gasteiger partial charge in [-0.1, -0.05) is 5.16 Å². The number of rotatable bonds is 7. The molecule has 1 N–H and O–H groups in total. The first kappa shape index (κ1) is 18.3. The van der Waals surface area contributed by atoms with Crippen LogP contribution < -0.4 is 4.74 Å². The summed E-state index contributed by atoms with van der Waals surface area (Å²) in [5.41, 5.74) is 1.15. The fourth-order valence-electron chi connectivity index (χ4n) is 2.87. The predicted octanol–water partition coefficient (Wildman–Crippen LogP) is 1.75. The van der Waals surface area contributed by atoms with Gasteiger partial charge in [-0.2, -0.15) is 9.29 Å². The Morgan fingerprint density at radius 2 is 1.96 bits per heavy atom. The molecule has 3 rings (SSSR count). The highest BCUT2D eigenvalue weighted by atomic mass is 32.2. The van der Waals surface area contributed by atoms with Crippen LogP contribution in [0.1, 0.15) is 40.5 Å². The van der Waals surface area contributed by atoms with E-state index in [4.69, 9.17) is 9.84 Å². The first-order valence-electron chi connectivity index (χ1n) is 7.97. The van der Waals surface area contributed by atoms with E-state index < -0.39 is 21.9 Å². The number of carbonyl (C=O) groups is 1. The number of carboxylic acid groups (broad SMARTS) is 1. The summed E-state index contributed by atoms with van der Waals surface area (Å²) in [5.74, 6) is -1.32. The highest BCUT2D eigenvalue weighted by Crippen LogP contribution is 2.36. The van der Waals surface area contributed by atoms with Crippen molar-refractivity contribution >= 4 is 16.0 Å². The van der Waals surface area contributed by atoms with Crippen molar-refractivity contribution in [2.75, 3.05) is 7.11 Å². The van der Waals surface area contributed by atoms with Crippen molar-refractivity contribution in [1.29, 1.82) is 0 Å². The maximum absolute atomic E-state index is 13.3. The molecule has 1 heterocycles. The molecule has 0 spiro atoms. The lowest BCUT2D eigenvalue weighted by Crippen LogP contribution is -2.34. The fourth-order valence-corrected chi connectivity index (χ4v) is 4.92. The SMILES string of the molecule is COc1cc(C)c(S(=O)(=O)N(Cc2noc(C(=O)O)n2)C2CC2)c(C)c1. The van der Waals surface area contributed by atoms with Crippen molar-refractivity contribution in [3.8, 4) is 5.75 Å². The topological polar surface area (TPSA) is 123 Å². The number of aromatic nitrogens is 2. The molecule has 9 nitrogen and oxygen atoms in total. The Morgan fingerprint density at radius 3 is 2.42 bits per heavy atom. The van der Waals surface area contributed by atoms with Crippen LogP contribution in [0.5, 0.6) is 5.75 Å². The Balaban J connectivity index is 1.98. The summed E-state index contributed by atoms with van der Waals surface area (Å²) >= 11 is 0. The molecule has 1 saturated carbocycles. The monoisotopic (exact) mass is 381 g/mol. The van der Waals surface area contributed by atoms with E-state index in [0.717, 1.165) is 12.8 Å². The van der Waals surface area contributed by atoms with Gasteiger partial charge in [-0.25, -0.2) is 13.2 Å². The molecule has 140 valence electrons. The molecule has 0 bridgehead atoms. The van der Waals surface area contributed by atoms with Gasteiger partial charge in [0.25, 0.3) is 0 Å². The maximum Gasteiger partial charge on any atom is 0.394 e. The summed E-state index contributed by atoms with van der Waals surface area (Å²) in [5, 5.41) is 12.4. The molecule has 1 aliphatic carbocycles. The molecule has 0 amide bonds. The van der Waals surface area contributed by atoms with Crippen molar-refractivity contribution in [3.63, 3.8) is 0 Å². The van der Waals surface area contributed by atoms with E-state index in [0.29, 0.717) is 16.9 Å². The zero-order valence-corrected chi connectivity index (χ0v) is 15.4. The van der Waals surface area contributed by atoms with Gasteiger partial charge in [0, 0.05) is 6.04 Å². The highest BCUT2D eigenvalue weighted by molar-refractivity contribution is 7.89. The van der Waals surface area contributed by atoms with Crippen LogP contribution in [0.25, 0.3) is 0 Å². The van der Waals surface area contributed by atoms with Gasteiger partial charge < -0.3 is 14.4 Å². The molecule has 0 aliphatic heterocycles. The first-order chi connectivity index (χ1) is 12.2. The van der Waals surface area contributed by atoms with Gasteiger partial charge in [0.05, 0.1) is 18.6 Å². The summed E-state index contributed by atoms with van der Waals surface area (Å²) in [7, 11) is -2.30. The molecule has 1 aromatic heterocycles. The minimum Gasteiger partial charge on any atom is -0.497 e. The number of hydrogen-bond donors (Lipinski definition) is 1. The second-order valence-electron chi connectivity index (χ2n) is 6.19. The molecule has 0 saturated heterocycles. The lowest BCUT2D eigenvalue weighted by molar-refractivity contribution is 0.0643. The van der Waals surface area contributed by atoms with Crippen molar-refractivity contribution in [2.45, 2.75) is 44.2 Å². The third-order valence-electron chi connectivity index (χ3n) is 4.14. The number of carboxylic acids is 1. The average molecular weight is 381 g/mol. The molecule has 1 aromatic carbocycles. The fraction of sp³-hybridized carbons (Fsp3) is 0.438. The minimum atomic E-state index is -3.82. The summed E-state index contributed by atoms with van der Waals surface area (Å²) in [6, 6.07) is 3.18. The van der Waals surface area contributed by atoms with Crippen LogP contribution in [0.3, 0.4) is 0 Å². The summed E-state index contributed by atoms with van der Waals surface area (Å²) < 4.78 is 37.7. The smallest absolute Gasteiger partial charge is 0.394 e. The molecule has 10 heteroatoms. The normalized spacial score (nSPS) is 14.6. The van der Waals surface area contributed by atoms with Crippen molar-refractivity contribution < 1.29 is 27.6 Å². The Hall–Kier alpha value is -2.46. The van der Waals surface area contributed by atoms with Crippen LogP contribution in [-0.4, -0.2) is 47.1 Å². The van der Waals surface area contributed by atoms with Crippen LogP contribution in [-0.2, 0) is 16.6 Å². The van der Waals surface area contributed by atoms with Crippen molar-refractivity contribution in [2.24, 2.45) is 0 Å². The molecule has 26 heavy (non-hydrogen) atoms. The van der Waals surface area contributed by atoms with Gasteiger partial charge in [-0.05, 0) is 49.9 Å². The van der Waals surface area contributed by atoms with E-state index in [2.05, 4.69) is 14.7 Å². The summed E-state index contributed by atoms with van der Waals surface area (Å²) in [6.45, 7) is 3.28. The number of aryl methyl sites for hydroxylation is 2. The number of nitrogens with zero attached hydrogens (tertiary/aromatic N) is 3. The zero-order valence-electron chi connectivity index (χ0n) is 14.6. The Labute approximate surface area is 150 Å². The highest BCUT2D eigenvalue weighted by Gasteiger charge is 2.40. The van der Waals surface area contributed by atoms with Crippen molar-refractivity contribution in [3.05, 3.63) is 35.0 Å². The molecule has 1 aliphatic rings. The third-order valence-corrected chi connectivity index (χ3v) is 6.34. The van der Waals surface area contributed by atoms with Crippen LogP contribution in [0.2, 0.25) is 0 Å². The lowest BCUT2D eigenvalue weighted by atomic mass is 10.1. The largest absolute Gasteiger partial charge is 0.497 e. The van der Waals surface area contributed by atoms with E-state index in [1.54, 1.807) is 26.0 Å². The second kappa shape index (κ2) is 6.69. The van der Waals surface area contributed by atoms with Gasteiger partial charge in [0.1, 0.15) is 5.75 Å². The standard InChI is InChI=1S/C16H19N3O6S/c1-9-6-12(24-3)7-10(2)14(9)26(22,23)19(11-4-5-11)8-13-17-15(16(20)21)25-18-13/h6-7,11H,4-5,8H2,1-3H3,(H,20,21). The van der Waals surface area contributed by atoms with Gasteiger partial charge >= 0.3 is 11.9 Å². The Kier molecular flexibility index (Phi) is 4.72. The third kappa shape index (κ3) is 3.42. The minimum absolute atomic E-state index is 0.0155. The number of ether oxygens (including phenoxy) is 1. The molecular weight excluding hydrogens is 362 g/mol. The van der Waals surface area contributed by atoms with E-state index >= 15 is 0 Å². The first-order valence-corrected chi connectivity index (χ1v) is 9.41. The molecule has 2 aromatic rings. The molecular formula is C16H19N3O6S. The zero-order chi connectivity index (χ0) is 19.1. The van der Waals surface area contributed by atoms with Crippen LogP contribution in [0, 0.1) is 13.8 Å². The van der Waals surface area contributed by atoms with Gasteiger partial charge in [-0.3, -0.25) is 0 Å². The second-order valence-corrected chi connectivity index (χ2v) is 8.02. The van der Waals surface area contributed by atoms with Gasteiger partial charge in [0.2, 0.25) is 10.0 Å². The number of benzene rings is 1. The number of sulfonamides is 1. The molecule has 0 radical (unpaired) electrons. The van der Waals surface area contributed by atoms with Crippen LogP contribution in [0.4, 0.5) is 0 Å². The Morgan fingerprint density at radius 1 is 1.35 bits per heavy atom. The number of aromatic carboxylic acids is 1. The van der Waals surface area contributed by atoms with E-state index in [-0.39, 0.29) is 23.3 Å². The lowest BCUT2D eigenvalue weighted by Gasteiger charge is -2.23. The maximum atomic E-state index is 13.3. The van der Waals surface area contributed by atoms with Crippen molar-refractivity contribution in [1.82, 2.24) is 14.4 Å². The molecule has 0 atom stereocenters. The molecule has 1 fully saturated rings. The van der Waals surface area contributed by atoms with E-state index in [1.807, 2.05) is 0 Å². The van der Waals surface area contributed by atoms with E-state index in [1.165, 1.54) is 11.4 Å². The van der Waals surface area contributed by atoms with Gasteiger partial charge in [0.15, 0.2) is 5.82 Å². The molecule has 0 unspecified atom stereocenters. The van der Waals surface area contributed by atoms with Crippen LogP contribution >= 0.6 is 0 Å². The van der Waals surface area contributed by atoms with Gasteiger partial charge in [-0.15, -0.1) is 0 Å². The van der Waals surface area contributed by atoms with E-state index in [9.17, 15) is 13.2 Å². The number of hydrogen-bond acceptors (Lipinski definition) is 7. The number of methoxy groups -OCH3 is 1. The summed E-state index contributed by atoms with van der Waals surface area (Å²) in [6.07, 6.45) is 1.47. The summed E-state index contributed by atoms with van der Waals surface area (Å²) in [4.78, 5) is 14.8.